The molecule has 0 saturated heterocycles. The summed E-state index contributed by atoms with van der Waals surface area (Å²) in [6, 6.07) is 5.88. The normalized spacial score (nSPS) is 12.4. The fourth-order valence-electron chi connectivity index (χ4n) is 1.45. The van der Waals surface area contributed by atoms with Gasteiger partial charge in [-0.2, -0.15) is 0 Å². The molecule has 2 rings (SSSR count). The summed E-state index contributed by atoms with van der Waals surface area (Å²) in [5.41, 5.74) is 1.10. The van der Waals surface area contributed by atoms with Gasteiger partial charge in [0.25, 0.3) is 0 Å². The molecule has 0 spiro atoms. The van der Waals surface area contributed by atoms with Crippen LogP contribution < -0.4 is 4.74 Å². The lowest BCUT2D eigenvalue weighted by molar-refractivity contribution is 0.304. The molecule has 2 aromatic rings. The zero-order valence-electron chi connectivity index (χ0n) is 10.1. The first-order valence-electron chi connectivity index (χ1n) is 5.55. The van der Waals surface area contributed by atoms with Crippen LogP contribution in [0.25, 0.3) is 0 Å². The van der Waals surface area contributed by atoms with Crippen LogP contribution in [0.2, 0.25) is 0 Å². The van der Waals surface area contributed by atoms with E-state index in [4.69, 9.17) is 17.0 Å². The number of aromatic amines is 2. The summed E-state index contributed by atoms with van der Waals surface area (Å²) in [4.78, 5) is 6.03. The summed E-state index contributed by atoms with van der Waals surface area (Å²) in [6.07, 6.45) is 1.89. The predicted octanol–water partition coefficient (Wildman–Crippen LogP) is 5.26. The fourth-order valence-corrected chi connectivity index (χ4v) is 3.56. The lowest BCUT2D eigenvalue weighted by atomic mass is 10.3. The van der Waals surface area contributed by atoms with Gasteiger partial charge in [-0.3, -0.25) is 0 Å². The molecule has 0 aliphatic rings. The molecule has 0 aliphatic heterocycles. The van der Waals surface area contributed by atoms with Crippen LogP contribution in [-0.2, 0) is 5.75 Å². The van der Waals surface area contributed by atoms with Crippen LogP contribution in [0.3, 0.4) is 0 Å². The standard InChI is InChI=1S/C12H12Br2N2OS2/c1-7(19-6-8-5-15-12(18)16-8)17-11-9(13)3-2-4-10(11)14/h2-5,7H,6H2,1H3,(H2,15,16,18). The van der Waals surface area contributed by atoms with Crippen LogP contribution in [0.4, 0.5) is 0 Å². The number of benzene rings is 1. The van der Waals surface area contributed by atoms with E-state index in [0.717, 1.165) is 26.1 Å². The average Bonchev–Trinajstić information content (AvgIpc) is 2.77. The number of H-pyrrole nitrogens is 2. The lowest BCUT2D eigenvalue weighted by Crippen LogP contribution is -2.08. The molecule has 3 nitrogen and oxygen atoms in total. The Balaban J connectivity index is 1.94. The molecule has 0 radical (unpaired) electrons. The van der Waals surface area contributed by atoms with E-state index in [9.17, 15) is 0 Å². The summed E-state index contributed by atoms with van der Waals surface area (Å²) >= 11 is 13.7. The Morgan fingerprint density at radius 3 is 2.63 bits per heavy atom. The molecule has 1 aromatic carbocycles. The monoisotopic (exact) mass is 422 g/mol. The Labute approximate surface area is 137 Å². The number of hydrogen-bond acceptors (Lipinski definition) is 3. The largest absolute Gasteiger partial charge is 0.478 e. The Morgan fingerprint density at radius 1 is 1.37 bits per heavy atom. The third-order valence-electron chi connectivity index (χ3n) is 2.33. The quantitative estimate of drug-likeness (QED) is 0.509. The van der Waals surface area contributed by atoms with Crippen molar-refractivity contribution in [1.29, 1.82) is 0 Å². The smallest absolute Gasteiger partial charge is 0.174 e. The maximum Gasteiger partial charge on any atom is 0.174 e. The second-order valence-electron chi connectivity index (χ2n) is 3.82. The van der Waals surface area contributed by atoms with Gasteiger partial charge in [-0.05, 0) is 63.1 Å². The highest BCUT2D eigenvalue weighted by Crippen LogP contribution is 2.35. The Kier molecular flexibility index (Phi) is 5.56. The minimum Gasteiger partial charge on any atom is -0.478 e. The van der Waals surface area contributed by atoms with Gasteiger partial charge in [-0.15, -0.1) is 11.8 Å². The van der Waals surface area contributed by atoms with Crippen LogP contribution in [0, 0.1) is 4.77 Å². The van der Waals surface area contributed by atoms with Crippen LogP contribution in [0.15, 0.2) is 33.3 Å². The Hall–Kier alpha value is -0.240. The molecule has 0 amide bonds. The molecule has 7 heteroatoms. The summed E-state index contributed by atoms with van der Waals surface area (Å²) in [6.45, 7) is 2.03. The number of rotatable bonds is 5. The number of thioether (sulfide) groups is 1. The van der Waals surface area contributed by atoms with Crippen molar-refractivity contribution in [3.63, 3.8) is 0 Å². The van der Waals surface area contributed by atoms with Crippen molar-refractivity contribution in [2.75, 3.05) is 0 Å². The predicted molar refractivity (Wildman–Crippen MR) is 89.2 cm³/mol. The third kappa shape index (κ3) is 4.37. The highest BCUT2D eigenvalue weighted by Gasteiger charge is 2.11. The molecule has 19 heavy (non-hydrogen) atoms. The molecule has 1 aromatic heterocycles. The number of para-hydroxylation sites is 1. The van der Waals surface area contributed by atoms with E-state index < -0.39 is 0 Å². The van der Waals surface area contributed by atoms with Gasteiger partial charge in [0.1, 0.15) is 11.2 Å². The maximum absolute atomic E-state index is 5.92. The van der Waals surface area contributed by atoms with Gasteiger partial charge in [-0.1, -0.05) is 6.07 Å². The van der Waals surface area contributed by atoms with Crippen molar-refractivity contribution in [2.24, 2.45) is 0 Å². The summed E-state index contributed by atoms with van der Waals surface area (Å²) in [5.74, 6) is 1.64. The fraction of sp³-hybridized carbons (Fsp3) is 0.250. The first-order chi connectivity index (χ1) is 9.06. The molecular formula is C12H12Br2N2OS2. The van der Waals surface area contributed by atoms with Gasteiger partial charge in [0.2, 0.25) is 0 Å². The summed E-state index contributed by atoms with van der Waals surface area (Å²) in [7, 11) is 0. The van der Waals surface area contributed by atoms with Gasteiger partial charge < -0.3 is 14.7 Å². The van der Waals surface area contributed by atoms with Crippen molar-refractivity contribution in [2.45, 2.75) is 18.1 Å². The van der Waals surface area contributed by atoms with E-state index in [2.05, 4.69) is 41.8 Å². The third-order valence-corrected chi connectivity index (χ3v) is 4.84. The van der Waals surface area contributed by atoms with E-state index in [0.29, 0.717) is 4.77 Å². The topological polar surface area (TPSA) is 40.8 Å². The number of ether oxygens (including phenoxy) is 1. The molecule has 0 saturated carbocycles. The molecular weight excluding hydrogens is 412 g/mol. The van der Waals surface area contributed by atoms with E-state index in [1.54, 1.807) is 11.8 Å². The van der Waals surface area contributed by atoms with Crippen molar-refractivity contribution >= 4 is 55.8 Å². The highest BCUT2D eigenvalue weighted by molar-refractivity contribution is 9.11. The van der Waals surface area contributed by atoms with E-state index in [1.807, 2.05) is 31.3 Å². The van der Waals surface area contributed by atoms with Crippen LogP contribution in [-0.4, -0.2) is 15.4 Å². The number of imidazole rings is 1. The zero-order chi connectivity index (χ0) is 13.8. The SMILES string of the molecule is CC(Oc1c(Br)cccc1Br)SCc1c[nH]c(=S)[nH]1. The van der Waals surface area contributed by atoms with Crippen LogP contribution in [0.5, 0.6) is 5.75 Å². The summed E-state index contributed by atoms with van der Waals surface area (Å²) in [5, 5.41) is 0. The molecule has 0 bridgehead atoms. The van der Waals surface area contributed by atoms with Gasteiger partial charge >= 0.3 is 0 Å². The van der Waals surface area contributed by atoms with Crippen LogP contribution in [0.1, 0.15) is 12.6 Å². The first kappa shape index (κ1) is 15.2. The zero-order valence-corrected chi connectivity index (χ0v) is 14.9. The molecule has 102 valence electrons. The second kappa shape index (κ2) is 6.97. The molecule has 0 aliphatic carbocycles. The summed E-state index contributed by atoms with van der Waals surface area (Å²) < 4.78 is 8.45. The van der Waals surface area contributed by atoms with E-state index >= 15 is 0 Å². The molecule has 2 N–H and O–H groups in total. The Bertz CT molecular complexity index is 592. The minimum absolute atomic E-state index is 0.0341. The lowest BCUT2D eigenvalue weighted by Gasteiger charge is -2.16. The van der Waals surface area contributed by atoms with Gasteiger partial charge in [0.05, 0.1) is 8.95 Å². The van der Waals surface area contributed by atoms with Gasteiger partial charge in [0.15, 0.2) is 4.77 Å². The average molecular weight is 424 g/mol. The number of nitrogens with one attached hydrogen (secondary N) is 2. The van der Waals surface area contributed by atoms with Crippen molar-refractivity contribution in [1.82, 2.24) is 9.97 Å². The highest BCUT2D eigenvalue weighted by atomic mass is 79.9. The molecule has 1 unspecified atom stereocenters. The van der Waals surface area contributed by atoms with Gasteiger partial charge in [0, 0.05) is 17.6 Å². The van der Waals surface area contributed by atoms with E-state index in [-0.39, 0.29) is 5.44 Å². The maximum atomic E-state index is 5.92. The van der Waals surface area contributed by atoms with Gasteiger partial charge in [-0.25, -0.2) is 0 Å². The van der Waals surface area contributed by atoms with E-state index in [1.165, 1.54) is 0 Å². The molecule has 1 heterocycles. The van der Waals surface area contributed by atoms with Crippen LogP contribution >= 0.6 is 55.8 Å². The van der Waals surface area contributed by atoms with Crippen molar-refractivity contribution < 1.29 is 4.74 Å². The molecule has 1 atom stereocenters. The second-order valence-corrected chi connectivity index (χ2v) is 7.22. The first-order valence-corrected chi connectivity index (χ1v) is 8.59. The minimum atomic E-state index is 0.0341. The number of aromatic nitrogens is 2. The van der Waals surface area contributed by atoms with Crippen molar-refractivity contribution in [3.8, 4) is 5.75 Å². The number of halogens is 2. The van der Waals surface area contributed by atoms with Crippen molar-refractivity contribution in [3.05, 3.63) is 43.8 Å². The molecule has 0 fully saturated rings. The Morgan fingerprint density at radius 2 is 2.05 bits per heavy atom. The number of hydrogen-bond donors (Lipinski definition) is 2.